The zero-order valence-electron chi connectivity index (χ0n) is 18.5. The van der Waals surface area contributed by atoms with E-state index >= 15 is 0 Å². The lowest BCUT2D eigenvalue weighted by Crippen LogP contribution is -2.39. The van der Waals surface area contributed by atoms with Crippen LogP contribution in [0.2, 0.25) is 0 Å². The Morgan fingerprint density at radius 1 is 1.09 bits per heavy atom. The van der Waals surface area contributed by atoms with E-state index in [1.54, 1.807) is 12.1 Å². The molecule has 1 aliphatic carbocycles. The smallest absolute Gasteiger partial charge is 0.254 e. The number of fused-ring (bicyclic) bond motifs is 1. The van der Waals surface area contributed by atoms with Gasteiger partial charge in [-0.05, 0) is 38.2 Å². The highest BCUT2D eigenvalue weighted by molar-refractivity contribution is 5.79. The first kappa shape index (κ1) is 21.3. The number of halogens is 1. The lowest BCUT2D eigenvalue weighted by molar-refractivity contribution is -0.137. The number of amides is 1. The number of rotatable bonds is 4. The van der Waals surface area contributed by atoms with Crippen LogP contribution in [0.3, 0.4) is 0 Å². The predicted octanol–water partition coefficient (Wildman–Crippen LogP) is 3.71. The van der Waals surface area contributed by atoms with Gasteiger partial charge < -0.3 is 9.88 Å². The van der Waals surface area contributed by atoms with Crippen LogP contribution in [-0.2, 0) is 24.3 Å². The summed E-state index contributed by atoms with van der Waals surface area (Å²) in [6, 6.07) is 6.67. The van der Waals surface area contributed by atoms with Gasteiger partial charge in [-0.15, -0.1) is 0 Å². The van der Waals surface area contributed by atoms with Crippen molar-refractivity contribution in [2.24, 2.45) is 5.92 Å². The summed E-state index contributed by atoms with van der Waals surface area (Å²) in [4.78, 5) is 38.0. The number of likely N-dealkylation sites (tertiary alicyclic amines) is 1. The molecule has 1 saturated heterocycles. The second kappa shape index (κ2) is 9.14. The number of carbonyl (C=O) groups excluding carboxylic acids is 1. The summed E-state index contributed by atoms with van der Waals surface area (Å²) in [6.45, 7) is 2.44. The number of aromatic nitrogens is 2. The highest BCUT2D eigenvalue weighted by atomic mass is 19.1. The minimum atomic E-state index is -0.208. The Morgan fingerprint density at radius 3 is 2.72 bits per heavy atom. The van der Waals surface area contributed by atoms with Crippen molar-refractivity contribution in [3.05, 3.63) is 63.1 Å². The van der Waals surface area contributed by atoms with Crippen molar-refractivity contribution < 1.29 is 9.18 Å². The minimum Gasteiger partial charge on any atom is -0.332 e. The Hall–Kier alpha value is -2.54. The van der Waals surface area contributed by atoms with Crippen LogP contribution in [0.25, 0.3) is 0 Å². The van der Waals surface area contributed by atoms with Crippen LogP contribution in [0.15, 0.2) is 29.1 Å². The highest BCUT2D eigenvalue weighted by Crippen LogP contribution is 2.34. The second-order valence-electron chi connectivity index (χ2n) is 9.45. The first-order valence-electron chi connectivity index (χ1n) is 12.0. The normalized spacial score (nSPS) is 22.2. The number of hydrogen-bond donors (Lipinski definition) is 1. The maximum absolute atomic E-state index is 14.1. The predicted molar refractivity (Wildman–Crippen MR) is 119 cm³/mol. The van der Waals surface area contributed by atoms with Crippen LogP contribution >= 0.6 is 0 Å². The zero-order valence-corrected chi connectivity index (χ0v) is 18.5. The molecule has 3 aliphatic rings. The first-order chi connectivity index (χ1) is 15.6. The van der Waals surface area contributed by atoms with E-state index in [-0.39, 0.29) is 29.2 Å². The lowest BCUT2D eigenvalue weighted by atomic mass is 9.88. The van der Waals surface area contributed by atoms with E-state index in [1.165, 1.54) is 12.5 Å². The summed E-state index contributed by atoms with van der Waals surface area (Å²) in [5.74, 6) is 0.752. The summed E-state index contributed by atoms with van der Waals surface area (Å²) >= 11 is 0. The van der Waals surface area contributed by atoms with E-state index in [4.69, 9.17) is 4.98 Å². The molecule has 170 valence electrons. The zero-order chi connectivity index (χ0) is 22.1. The molecular formula is C25H31FN4O2. The van der Waals surface area contributed by atoms with E-state index in [0.717, 1.165) is 56.3 Å². The lowest BCUT2D eigenvalue weighted by Gasteiger charge is -2.31. The van der Waals surface area contributed by atoms with Gasteiger partial charge in [-0.25, -0.2) is 9.37 Å². The van der Waals surface area contributed by atoms with Crippen molar-refractivity contribution in [1.29, 1.82) is 0 Å². The first-order valence-corrected chi connectivity index (χ1v) is 12.0. The van der Waals surface area contributed by atoms with Gasteiger partial charge in [0.25, 0.3) is 5.56 Å². The molecule has 1 aromatic carbocycles. The van der Waals surface area contributed by atoms with Crippen molar-refractivity contribution in [2.45, 2.75) is 70.5 Å². The Morgan fingerprint density at radius 2 is 1.91 bits per heavy atom. The van der Waals surface area contributed by atoms with Crippen molar-refractivity contribution >= 4 is 5.91 Å². The summed E-state index contributed by atoms with van der Waals surface area (Å²) < 4.78 is 14.1. The Balaban J connectivity index is 1.36. The van der Waals surface area contributed by atoms with Gasteiger partial charge in [0.15, 0.2) is 0 Å². The monoisotopic (exact) mass is 438 g/mol. The van der Waals surface area contributed by atoms with E-state index in [9.17, 15) is 14.0 Å². The van der Waals surface area contributed by atoms with Crippen LogP contribution in [-0.4, -0.2) is 38.8 Å². The Kier molecular flexibility index (Phi) is 6.09. The molecule has 1 aromatic heterocycles. The fourth-order valence-electron chi connectivity index (χ4n) is 5.57. The van der Waals surface area contributed by atoms with Crippen molar-refractivity contribution in [3.8, 4) is 0 Å². The quantitative estimate of drug-likeness (QED) is 0.790. The fourth-order valence-corrected chi connectivity index (χ4v) is 5.57. The van der Waals surface area contributed by atoms with Crippen molar-refractivity contribution in [1.82, 2.24) is 19.8 Å². The van der Waals surface area contributed by atoms with Gasteiger partial charge in [0, 0.05) is 43.2 Å². The molecule has 0 radical (unpaired) electrons. The molecule has 2 fully saturated rings. The highest BCUT2D eigenvalue weighted by Gasteiger charge is 2.36. The van der Waals surface area contributed by atoms with Crippen LogP contribution in [0, 0.1) is 11.7 Å². The van der Waals surface area contributed by atoms with Gasteiger partial charge in [0.05, 0.1) is 11.7 Å². The maximum Gasteiger partial charge on any atom is 0.254 e. The molecule has 1 N–H and O–H groups in total. The standard InChI is InChI=1S/C25H31FN4O2/c26-20-10-5-4-9-18(20)15-29-14-12-19-21(16-29)27-23(28-24(19)31)22-11-6-13-30(22)25(32)17-7-2-1-3-8-17/h4-5,9-10,17,22H,1-3,6-8,11-16H2,(H,27,28,31). The van der Waals surface area contributed by atoms with Crippen LogP contribution in [0.4, 0.5) is 4.39 Å². The van der Waals surface area contributed by atoms with Gasteiger partial charge in [0.1, 0.15) is 11.6 Å². The molecule has 32 heavy (non-hydrogen) atoms. The molecule has 7 heteroatoms. The fraction of sp³-hybridized carbons (Fsp3) is 0.560. The maximum atomic E-state index is 14.1. The molecule has 1 amide bonds. The summed E-state index contributed by atoms with van der Waals surface area (Å²) in [6.07, 6.45) is 7.78. The number of nitrogens with one attached hydrogen (secondary N) is 1. The van der Waals surface area contributed by atoms with Gasteiger partial charge in [-0.1, -0.05) is 37.5 Å². The molecule has 5 rings (SSSR count). The van der Waals surface area contributed by atoms with E-state index in [0.29, 0.717) is 37.4 Å². The number of H-pyrrole nitrogens is 1. The molecule has 3 heterocycles. The average Bonchev–Trinajstić information content (AvgIpc) is 3.30. The topological polar surface area (TPSA) is 69.3 Å². The van der Waals surface area contributed by atoms with Crippen molar-refractivity contribution in [3.63, 3.8) is 0 Å². The minimum absolute atomic E-state index is 0.0903. The summed E-state index contributed by atoms with van der Waals surface area (Å²) in [7, 11) is 0. The average molecular weight is 439 g/mol. The van der Waals surface area contributed by atoms with Crippen molar-refractivity contribution in [2.75, 3.05) is 13.1 Å². The third-order valence-corrected chi connectivity index (χ3v) is 7.33. The van der Waals surface area contributed by atoms with Gasteiger partial charge in [0.2, 0.25) is 5.91 Å². The Labute approximate surface area is 187 Å². The molecule has 6 nitrogen and oxygen atoms in total. The van der Waals surface area contributed by atoms with Gasteiger partial charge >= 0.3 is 0 Å². The molecule has 0 bridgehead atoms. The third-order valence-electron chi connectivity index (χ3n) is 7.33. The molecule has 1 saturated carbocycles. The van der Waals surface area contributed by atoms with Crippen LogP contribution in [0.5, 0.6) is 0 Å². The Bertz CT molecular complexity index is 1050. The molecule has 1 atom stereocenters. The van der Waals surface area contributed by atoms with E-state index in [1.807, 2.05) is 11.0 Å². The number of aromatic amines is 1. The number of carbonyl (C=O) groups is 1. The SMILES string of the molecule is O=C(C1CCCCC1)N1CCCC1c1nc2c(c(=O)[nH]1)CCN(Cc1ccccc1F)C2. The number of benzene rings is 1. The van der Waals surface area contributed by atoms with Gasteiger partial charge in [-0.3, -0.25) is 14.5 Å². The largest absolute Gasteiger partial charge is 0.332 e. The molecule has 2 aliphatic heterocycles. The second-order valence-corrected chi connectivity index (χ2v) is 9.45. The van der Waals surface area contributed by atoms with Gasteiger partial charge in [-0.2, -0.15) is 0 Å². The molecule has 0 spiro atoms. The number of nitrogens with zero attached hydrogens (tertiary/aromatic N) is 3. The molecular weight excluding hydrogens is 407 g/mol. The summed E-state index contributed by atoms with van der Waals surface area (Å²) in [5, 5.41) is 0. The number of hydrogen-bond acceptors (Lipinski definition) is 4. The molecule has 2 aromatic rings. The summed E-state index contributed by atoms with van der Waals surface area (Å²) in [5.41, 5.74) is 2.05. The van der Waals surface area contributed by atoms with Crippen LogP contribution < -0.4 is 5.56 Å². The van der Waals surface area contributed by atoms with Crippen LogP contribution in [0.1, 0.15) is 73.6 Å². The van der Waals surface area contributed by atoms with E-state index < -0.39 is 0 Å². The van der Waals surface area contributed by atoms with E-state index in [2.05, 4.69) is 9.88 Å². The third kappa shape index (κ3) is 4.22. The molecule has 1 unspecified atom stereocenters.